The first-order valence-corrected chi connectivity index (χ1v) is 9.52. The van der Waals surface area contributed by atoms with Crippen LogP contribution in [-0.2, 0) is 0 Å². The molecule has 1 nitrogen and oxygen atoms in total. The number of carbonyl (C=O) groups excluding carboxylic acids is 1. The van der Waals surface area contributed by atoms with Crippen LogP contribution in [0.25, 0.3) is 0 Å². The Kier molecular flexibility index (Phi) is 8.18. The van der Waals surface area contributed by atoms with E-state index in [9.17, 15) is 4.79 Å². The van der Waals surface area contributed by atoms with Crippen LogP contribution >= 0.6 is 0 Å². The van der Waals surface area contributed by atoms with E-state index in [-0.39, 0.29) is 11.7 Å². The van der Waals surface area contributed by atoms with Gasteiger partial charge in [-0.2, -0.15) is 0 Å². The Bertz CT molecular complexity index is 652. The maximum atomic E-state index is 12.6. The van der Waals surface area contributed by atoms with Gasteiger partial charge in [0.25, 0.3) is 0 Å². The molecule has 0 saturated carbocycles. The van der Waals surface area contributed by atoms with Gasteiger partial charge >= 0.3 is 0 Å². The van der Waals surface area contributed by atoms with Crippen molar-refractivity contribution in [2.24, 2.45) is 0 Å². The zero-order valence-electron chi connectivity index (χ0n) is 15.6. The van der Waals surface area contributed by atoms with Crippen molar-refractivity contribution >= 4 is 5.78 Å². The minimum Gasteiger partial charge on any atom is -0.294 e. The highest BCUT2D eigenvalue weighted by Crippen LogP contribution is 2.24. The van der Waals surface area contributed by atoms with Crippen molar-refractivity contribution in [2.45, 2.75) is 58.3 Å². The Morgan fingerprint density at radius 2 is 1.68 bits per heavy atom. The summed E-state index contributed by atoms with van der Waals surface area (Å²) in [5.74, 6) is 0.362. The molecule has 0 fully saturated rings. The number of aryl methyl sites for hydroxylation is 1. The molecule has 0 aliphatic carbocycles. The second-order valence-electron chi connectivity index (χ2n) is 6.79. The van der Waals surface area contributed by atoms with Crippen LogP contribution in [0.5, 0.6) is 0 Å². The van der Waals surface area contributed by atoms with Gasteiger partial charge in [0.2, 0.25) is 0 Å². The molecule has 0 radical (unpaired) electrons. The van der Waals surface area contributed by atoms with Crippen molar-refractivity contribution in [2.75, 3.05) is 0 Å². The summed E-state index contributed by atoms with van der Waals surface area (Å²) in [5, 5.41) is 0. The highest BCUT2D eigenvalue weighted by atomic mass is 16.1. The summed E-state index contributed by atoms with van der Waals surface area (Å²) in [6.45, 7) is 4.33. The monoisotopic (exact) mass is 334 g/mol. The summed E-state index contributed by atoms with van der Waals surface area (Å²) < 4.78 is 0. The van der Waals surface area contributed by atoms with E-state index < -0.39 is 0 Å². The van der Waals surface area contributed by atoms with E-state index in [4.69, 9.17) is 0 Å². The van der Waals surface area contributed by atoms with Gasteiger partial charge in [-0.1, -0.05) is 98.5 Å². The smallest absolute Gasteiger partial charge is 0.163 e. The van der Waals surface area contributed by atoms with Gasteiger partial charge in [-0.05, 0) is 25.3 Å². The number of hydrogen-bond acceptors (Lipinski definition) is 1. The maximum absolute atomic E-state index is 12.6. The summed E-state index contributed by atoms with van der Waals surface area (Å²) >= 11 is 0. The highest BCUT2D eigenvalue weighted by Gasteiger charge is 2.14. The summed E-state index contributed by atoms with van der Waals surface area (Å²) in [6, 6.07) is 18.2. The summed E-state index contributed by atoms with van der Waals surface area (Å²) in [7, 11) is 0. The Morgan fingerprint density at radius 3 is 2.36 bits per heavy atom. The number of hydrogen-bond donors (Lipinski definition) is 0. The number of Topliss-reactive ketones (excluding diaryl/α,β-unsaturated/α-hetero) is 1. The zero-order valence-corrected chi connectivity index (χ0v) is 15.6. The van der Waals surface area contributed by atoms with Gasteiger partial charge < -0.3 is 0 Å². The lowest BCUT2D eigenvalue weighted by atomic mass is 9.90. The quantitative estimate of drug-likeness (QED) is 0.263. The van der Waals surface area contributed by atoms with Crippen molar-refractivity contribution in [1.82, 2.24) is 0 Å². The second-order valence-corrected chi connectivity index (χ2v) is 6.79. The summed E-state index contributed by atoms with van der Waals surface area (Å²) in [6.07, 6.45) is 11.2. The molecule has 0 saturated heterocycles. The molecule has 0 heterocycles. The average Bonchev–Trinajstić information content (AvgIpc) is 2.65. The highest BCUT2D eigenvalue weighted by molar-refractivity contribution is 5.96. The van der Waals surface area contributed by atoms with E-state index in [0.717, 1.165) is 12.0 Å². The van der Waals surface area contributed by atoms with E-state index >= 15 is 0 Å². The predicted molar refractivity (Wildman–Crippen MR) is 107 cm³/mol. The molecular weight excluding hydrogens is 304 g/mol. The van der Waals surface area contributed by atoms with E-state index in [1.54, 1.807) is 0 Å². The van der Waals surface area contributed by atoms with E-state index in [0.29, 0.717) is 6.42 Å². The first kappa shape index (κ1) is 19.2. The number of unbranched alkanes of at least 4 members (excludes halogenated alkanes) is 4. The van der Waals surface area contributed by atoms with Gasteiger partial charge in [-0.25, -0.2) is 0 Å². The van der Waals surface area contributed by atoms with Crippen molar-refractivity contribution in [1.29, 1.82) is 0 Å². The first-order chi connectivity index (χ1) is 12.2. The number of rotatable bonds is 10. The van der Waals surface area contributed by atoms with Gasteiger partial charge in [-0.15, -0.1) is 0 Å². The van der Waals surface area contributed by atoms with Gasteiger partial charge in [0.05, 0.1) is 0 Å². The van der Waals surface area contributed by atoms with Crippen molar-refractivity contribution in [3.63, 3.8) is 0 Å². The van der Waals surface area contributed by atoms with Crippen LogP contribution < -0.4 is 0 Å². The number of ketones is 1. The van der Waals surface area contributed by atoms with Crippen LogP contribution in [0.2, 0.25) is 0 Å². The standard InChI is InChI=1S/C24H30O/c1-3-4-5-6-7-9-14-23(21-17-15-20(2)16-18-21)19-24(25)22-12-10-8-11-13-22/h8-18,23H,3-7,19H2,1-2H3/b14-9+/t23-/m1/s1. The van der Waals surface area contributed by atoms with Crippen LogP contribution in [0.4, 0.5) is 0 Å². The minimum atomic E-state index is 0.152. The molecule has 132 valence electrons. The molecule has 2 aromatic rings. The number of benzene rings is 2. The second kappa shape index (κ2) is 10.7. The lowest BCUT2D eigenvalue weighted by Crippen LogP contribution is -2.06. The molecule has 0 aromatic heterocycles. The Morgan fingerprint density at radius 1 is 0.960 bits per heavy atom. The van der Waals surface area contributed by atoms with Crippen molar-refractivity contribution in [3.8, 4) is 0 Å². The summed E-state index contributed by atoms with van der Waals surface area (Å²) in [4.78, 5) is 12.6. The predicted octanol–water partition coefficient (Wildman–Crippen LogP) is 6.88. The lowest BCUT2D eigenvalue weighted by molar-refractivity contribution is 0.0978. The minimum absolute atomic E-state index is 0.152. The van der Waals surface area contributed by atoms with Crippen LogP contribution in [0.15, 0.2) is 66.7 Å². The van der Waals surface area contributed by atoms with Crippen LogP contribution in [0.3, 0.4) is 0 Å². The first-order valence-electron chi connectivity index (χ1n) is 9.52. The SMILES string of the molecule is CCCCCC/C=C/[C@H](CC(=O)c1ccccc1)c1ccc(C)cc1. The Balaban J connectivity index is 2.05. The van der Waals surface area contributed by atoms with E-state index in [2.05, 4.69) is 50.3 Å². The third-order valence-corrected chi connectivity index (χ3v) is 4.60. The molecule has 0 spiro atoms. The van der Waals surface area contributed by atoms with Gasteiger partial charge in [0, 0.05) is 17.9 Å². The molecule has 0 aliphatic heterocycles. The third-order valence-electron chi connectivity index (χ3n) is 4.60. The normalized spacial score (nSPS) is 12.4. The Labute approximate surface area is 152 Å². The summed E-state index contributed by atoms with van der Waals surface area (Å²) in [5.41, 5.74) is 3.27. The molecule has 1 heteroatoms. The fourth-order valence-corrected chi connectivity index (χ4v) is 3.00. The molecule has 2 aromatic carbocycles. The molecule has 0 amide bonds. The number of carbonyl (C=O) groups is 1. The zero-order chi connectivity index (χ0) is 17.9. The van der Waals surface area contributed by atoms with E-state index in [1.165, 1.54) is 36.8 Å². The molecular formula is C24H30O. The van der Waals surface area contributed by atoms with Gasteiger partial charge in [-0.3, -0.25) is 4.79 Å². The van der Waals surface area contributed by atoms with Gasteiger partial charge in [0.1, 0.15) is 0 Å². The van der Waals surface area contributed by atoms with E-state index in [1.807, 2.05) is 30.3 Å². The van der Waals surface area contributed by atoms with Crippen molar-refractivity contribution in [3.05, 3.63) is 83.4 Å². The molecule has 25 heavy (non-hydrogen) atoms. The topological polar surface area (TPSA) is 17.1 Å². The van der Waals surface area contributed by atoms with Crippen molar-refractivity contribution < 1.29 is 4.79 Å². The Hall–Kier alpha value is -2.15. The fraction of sp³-hybridized carbons (Fsp3) is 0.375. The average molecular weight is 335 g/mol. The molecule has 0 bridgehead atoms. The molecule has 0 unspecified atom stereocenters. The number of allylic oxidation sites excluding steroid dienone is 2. The van der Waals surface area contributed by atoms with Gasteiger partial charge in [0.15, 0.2) is 5.78 Å². The molecule has 1 atom stereocenters. The molecule has 0 aliphatic rings. The largest absolute Gasteiger partial charge is 0.294 e. The fourth-order valence-electron chi connectivity index (χ4n) is 3.00. The van der Waals surface area contributed by atoms with Crippen LogP contribution in [0.1, 0.15) is 72.9 Å². The lowest BCUT2D eigenvalue weighted by Gasteiger charge is -2.13. The third kappa shape index (κ3) is 6.70. The van der Waals surface area contributed by atoms with Crippen LogP contribution in [-0.4, -0.2) is 5.78 Å². The molecule has 2 rings (SSSR count). The molecule has 0 N–H and O–H groups in total. The van der Waals surface area contributed by atoms with Crippen LogP contribution in [0, 0.1) is 6.92 Å². The maximum Gasteiger partial charge on any atom is 0.163 e.